The van der Waals surface area contributed by atoms with Gasteiger partial charge in [-0.3, -0.25) is 4.79 Å². The maximum absolute atomic E-state index is 12.1. The van der Waals surface area contributed by atoms with Crippen molar-refractivity contribution in [3.05, 3.63) is 46.4 Å². The fourth-order valence-corrected chi connectivity index (χ4v) is 3.24. The third kappa shape index (κ3) is 2.63. The van der Waals surface area contributed by atoms with Gasteiger partial charge in [-0.1, -0.05) is 25.1 Å². The molecule has 1 aliphatic rings. The molecule has 0 amide bonds. The number of nitrogens with zero attached hydrogens (tertiary/aromatic N) is 1. The van der Waals surface area contributed by atoms with Gasteiger partial charge >= 0.3 is 0 Å². The van der Waals surface area contributed by atoms with Crippen LogP contribution in [0.5, 0.6) is 0 Å². The van der Waals surface area contributed by atoms with Crippen LogP contribution in [-0.4, -0.2) is 29.5 Å². The Hall–Kier alpha value is -1.61. The molecule has 1 N–H and O–H groups in total. The monoisotopic (exact) mass is 270 g/mol. The lowest BCUT2D eigenvalue weighted by Gasteiger charge is -2.31. The molecule has 3 nitrogen and oxygen atoms in total. The summed E-state index contributed by atoms with van der Waals surface area (Å²) >= 11 is 0. The van der Waals surface area contributed by atoms with E-state index in [-0.39, 0.29) is 5.56 Å². The van der Waals surface area contributed by atoms with Crippen LogP contribution in [0.3, 0.4) is 0 Å². The number of likely N-dealkylation sites (tertiary alicyclic amines) is 1. The number of rotatable bonds is 3. The summed E-state index contributed by atoms with van der Waals surface area (Å²) in [5, 5.41) is 1.85. The van der Waals surface area contributed by atoms with E-state index in [9.17, 15) is 4.79 Å². The average Bonchev–Trinajstić information content (AvgIpc) is 2.48. The molecule has 1 fully saturated rings. The molecule has 0 aliphatic carbocycles. The summed E-state index contributed by atoms with van der Waals surface area (Å²) in [6.07, 6.45) is 3.51. The third-order valence-corrected chi connectivity index (χ3v) is 4.34. The topological polar surface area (TPSA) is 36.1 Å². The van der Waals surface area contributed by atoms with Crippen LogP contribution in [-0.2, 0) is 0 Å². The molecule has 0 radical (unpaired) electrons. The molecule has 2 heterocycles. The molecule has 0 atom stereocenters. The van der Waals surface area contributed by atoms with Crippen molar-refractivity contribution >= 4 is 10.8 Å². The van der Waals surface area contributed by atoms with E-state index in [4.69, 9.17) is 0 Å². The Labute approximate surface area is 119 Å². The largest absolute Gasteiger partial charge is 0.325 e. The zero-order chi connectivity index (χ0) is 13.9. The highest BCUT2D eigenvalue weighted by molar-refractivity contribution is 5.81. The van der Waals surface area contributed by atoms with Gasteiger partial charge in [0.15, 0.2) is 0 Å². The molecule has 106 valence electrons. The molecule has 0 bridgehead atoms. The summed E-state index contributed by atoms with van der Waals surface area (Å²) in [5.74, 6) is 0.500. The lowest BCUT2D eigenvalue weighted by Crippen LogP contribution is -2.34. The Kier molecular flexibility index (Phi) is 3.88. The number of pyridine rings is 1. The van der Waals surface area contributed by atoms with Crippen LogP contribution in [0, 0.1) is 0 Å². The molecule has 1 saturated heterocycles. The Morgan fingerprint density at radius 2 is 2.00 bits per heavy atom. The molecule has 20 heavy (non-hydrogen) atoms. The minimum absolute atomic E-state index is 0.0501. The molecule has 0 unspecified atom stereocenters. The molecule has 0 spiro atoms. The number of piperidine rings is 1. The van der Waals surface area contributed by atoms with Gasteiger partial charge in [0.1, 0.15) is 0 Å². The fraction of sp³-hybridized carbons (Fsp3) is 0.471. The van der Waals surface area contributed by atoms with Gasteiger partial charge in [0.2, 0.25) is 0 Å². The number of H-pyrrole nitrogens is 1. The van der Waals surface area contributed by atoms with E-state index < -0.39 is 0 Å². The van der Waals surface area contributed by atoms with Crippen molar-refractivity contribution in [3.63, 3.8) is 0 Å². The molecule has 2 aromatic rings. The predicted molar refractivity (Wildman–Crippen MR) is 83.3 cm³/mol. The van der Waals surface area contributed by atoms with Gasteiger partial charge in [0.05, 0.1) is 0 Å². The summed E-state index contributed by atoms with van der Waals surface area (Å²) in [6, 6.07) is 9.99. The van der Waals surface area contributed by atoms with Crippen LogP contribution in [0.15, 0.2) is 35.1 Å². The lowest BCUT2D eigenvalue weighted by atomic mass is 9.92. The number of fused-ring (bicyclic) bond motifs is 1. The second kappa shape index (κ2) is 5.80. The second-order valence-electron chi connectivity index (χ2n) is 5.76. The first-order valence-corrected chi connectivity index (χ1v) is 7.62. The van der Waals surface area contributed by atoms with E-state index in [1.54, 1.807) is 0 Å². The number of benzene rings is 1. The normalized spacial score (nSPS) is 17.6. The highest BCUT2D eigenvalue weighted by Gasteiger charge is 2.21. The van der Waals surface area contributed by atoms with Gasteiger partial charge in [-0.2, -0.15) is 0 Å². The first-order valence-electron chi connectivity index (χ1n) is 7.62. The summed E-state index contributed by atoms with van der Waals surface area (Å²) < 4.78 is 0. The number of hydrogen-bond acceptors (Lipinski definition) is 2. The molecule has 3 rings (SSSR count). The van der Waals surface area contributed by atoms with E-state index in [2.05, 4.69) is 22.9 Å². The van der Waals surface area contributed by atoms with E-state index in [1.165, 1.54) is 13.0 Å². The number of aromatic amines is 1. The molecule has 3 heteroatoms. The zero-order valence-electron chi connectivity index (χ0n) is 12.1. The first-order chi connectivity index (χ1) is 9.78. The summed E-state index contributed by atoms with van der Waals surface area (Å²) in [7, 11) is 0. The Morgan fingerprint density at radius 3 is 2.75 bits per heavy atom. The highest BCUT2D eigenvalue weighted by atomic mass is 16.1. The molecule has 1 aromatic heterocycles. The smallest absolute Gasteiger partial charge is 0.256 e. The van der Waals surface area contributed by atoms with Crippen LogP contribution in [0.1, 0.15) is 37.8 Å². The lowest BCUT2D eigenvalue weighted by molar-refractivity contribution is 0.211. The van der Waals surface area contributed by atoms with Crippen LogP contribution in [0.25, 0.3) is 10.8 Å². The van der Waals surface area contributed by atoms with Crippen molar-refractivity contribution in [1.82, 2.24) is 9.88 Å². The Balaban J connectivity index is 1.83. The summed E-state index contributed by atoms with van der Waals surface area (Å²) in [6.45, 7) is 5.72. The van der Waals surface area contributed by atoms with Gasteiger partial charge in [0.25, 0.3) is 5.56 Å². The zero-order valence-corrected chi connectivity index (χ0v) is 12.1. The minimum Gasteiger partial charge on any atom is -0.325 e. The van der Waals surface area contributed by atoms with E-state index in [1.807, 2.05) is 24.3 Å². The third-order valence-electron chi connectivity index (χ3n) is 4.34. The molecular formula is C17H22N2O. The standard InChI is InChI=1S/C17H22N2O/c1-2-9-19-10-7-13(8-11-19)16-12-14-5-3-4-6-15(14)17(20)18-16/h3-6,12-13H,2,7-11H2,1H3,(H,18,20). The minimum atomic E-state index is 0.0501. The van der Waals surface area contributed by atoms with Gasteiger partial charge < -0.3 is 9.88 Å². The predicted octanol–water partition coefficient (Wildman–Crippen LogP) is 3.12. The second-order valence-corrected chi connectivity index (χ2v) is 5.76. The fourth-order valence-electron chi connectivity index (χ4n) is 3.24. The average molecular weight is 270 g/mol. The summed E-state index contributed by atoms with van der Waals surface area (Å²) in [4.78, 5) is 17.8. The van der Waals surface area contributed by atoms with Crippen molar-refractivity contribution in [1.29, 1.82) is 0 Å². The van der Waals surface area contributed by atoms with Gasteiger partial charge in [-0.05, 0) is 56.4 Å². The van der Waals surface area contributed by atoms with Crippen LogP contribution in [0.4, 0.5) is 0 Å². The Bertz CT molecular complexity index is 639. The van der Waals surface area contributed by atoms with Gasteiger partial charge in [0, 0.05) is 17.0 Å². The number of hydrogen-bond donors (Lipinski definition) is 1. The van der Waals surface area contributed by atoms with Crippen molar-refractivity contribution in [2.45, 2.75) is 32.1 Å². The number of nitrogens with one attached hydrogen (secondary N) is 1. The van der Waals surface area contributed by atoms with Crippen molar-refractivity contribution in [3.8, 4) is 0 Å². The highest BCUT2D eigenvalue weighted by Crippen LogP contribution is 2.27. The van der Waals surface area contributed by atoms with Gasteiger partial charge in [-0.25, -0.2) is 0 Å². The van der Waals surface area contributed by atoms with Crippen molar-refractivity contribution in [2.24, 2.45) is 0 Å². The first kappa shape index (κ1) is 13.4. The van der Waals surface area contributed by atoms with Crippen LogP contribution >= 0.6 is 0 Å². The maximum Gasteiger partial charge on any atom is 0.256 e. The van der Waals surface area contributed by atoms with E-state index in [0.717, 1.165) is 42.4 Å². The molecule has 1 aliphatic heterocycles. The van der Waals surface area contributed by atoms with Crippen molar-refractivity contribution < 1.29 is 0 Å². The molecule has 0 saturated carbocycles. The van der Waals surface area contributed by atoms with E-state index in [0.29, 0.717) is 5.92 Å². The molecule has 1 aromatic carbocycles. The Morgan fingerprint density at radius 1 is 1.25 bits per heavy atom. The quantitative estimate of drug-likeness (QED) is 0.930. The molecular weight excluding hydrogens is 248 g/mol. The SMILES string of the molecule is CCCN1CCC(c2cc3ccccc3c(=O)[nH]2)CC1. The van der Waals surface area contributed by atoms with E-state index >= 15 is 0 Å². The van der Waals surface area contributed by atoms with Crippen molar-refractivity contribution in [2.75, 3.05) is 19.6 Å². The van der Waals surface area contributed by atoms with Gasteiger partial charge in [-0.15, -0.1) is 0 Å². The van der Waals surface area contributed by atoms with Crippen LogP contribution in [0.2, 0.25) is 0 Å². The summed E-state index contributed by atoms with van der Waals surface area (Å²) in [5.41, 5.74) is 1.17. The number of aromatic nitrogens is 1. The van der Waals surface area contributed by atoms with Crippen LogP contribution < -0.4 is 5.56 Å². The maximum atomic E-state index is 12.1.